The molecule has 11 heteroatoms. The number of thioether (sulfide) groups is 1. The molecule has 0 bridgehead atoms. The van der Waals surface area contributed by atoms with E-state index in [4.69, 9.17) is 9.15 Å². The molecule has 0 unspecified atom stereocenters. The first-order chi connectivity index (χ1) is 15.8. The molecular weight excluding hydrogens is 474 g/mol. The van der Waals surface area contributed by atoms with Gasteiger partial charge in [-0.2, -0.15) is 8.78 Å². The number of alkyl halides is 2. The summed E-state index contributed by atoms with van der Waals surface area (Å²) >= 11 is 0.327. The molecule has 0 saturated carbocycles. The number of carbonyl (C=O) groups excluding carboxylic acids is 1. The van der Waals surface area contributed by atoms with Crippen molar-refractivity contribution in [3.63, 3.8) is 0 Å². The Kier molecular flexibility index (Phi) is 7.98. The van der Waals surface area contributed by atoms with Gasteiger partial charge < -0.3 is 14.5 Å². The molecule has 33 heavy (non-hydrogen) atoms. The summed E-state index contributed by atoms with van der Waals surface area (Å²) in [7, 11) is -2.57. The Balaban J connectivity index is 1.92. The Bertz CT molecular complexity index is 1200. The normalized spacial score (nSPS) is 11.4. The van der Waals surface area contributed by atoms with Crippen molar-refractivity contribution in [2.24, 2.45) is 0 Å². The largest absolute Gasteiger partial charge is 0.495 e. The lowest BCUT2D eigenvalue weighted by molar-refractivity contribution is 0.102. The lowest BCUT2D eigenvalue weighted by atomic mass is 10.2. The molecule has 1 heterocycles. The number of methoxy groups -OCH3 is 1. The number of amides is 1. The predicted molar refractivity (Wildman–Crippen MR) is 124 cm³/mol. The second kappa shape index (κ2) is 10.7. The van der Waals surface area contributed by atoms with Crippen LogP contribution in [0.15, 0.2) is 70.2 Å². The van der Waals surface area contributed by atoms with Crippen molar-refractivity contribution in [2.45, 2.75) is 23.3 Å². The summed E-state index contributed by atoms with van der Waals surface area (Å²) in [4.78, 5) is 12.7. The molecule has 0 spiro atoms. The number of carbonyl (C=O) groups is 1. The van der Waals surface area contributed by atoms with Gasteiger partial charge in [-0.1, -0.05) is 30.0 Å². The molecule has 0 atom stereocenters. The summed E-state index contributed by atoms with van der Waals surface area (Å²) in [5.41, 5.74) is 0.681. The van der Waals surface area contributed by atoms with E-state index in [1.165, 1.54) is 41.9 Å². The lowest BCUT2D eigenvalue weighted by Gasteiger charge is -2.23. The average molecular weight is 497 g/mol. The molecular formula is C22H22F2N2O5S2. The Hall–Kier alpha value is -3.05. The van der Waals surface area contributed by atoms with E-state index in [0.717, 1.165) is 0 Å². The third-order valence-electron chi connectivity index (χ3n) is 4.67. The number of halogens is 2. The Morgan fingerprint density at radius 3 is 2.55 bits per heavy atom. The van der Waals surface area contributed by atoms with Crippen molar-refractivity contribution in [3.05, 3.63) is 72.2 Å². The van der Waals surface area contributed by atoms with E-state index in [2.05, 4.69) is 5.32 Å². The van der Waals surface area contributed by atoms with Crippen LogP contribution in [0.25, 0.3) is 0 Å². The highest BCUT2D eigenvalue weighted by Gasteiger charge is 2.25. The third-order valence-corrected chi connectivity index (χ3v) is 7.25. The highest BCUT2D eigenvalue weighted by Crippen LogP contribution is 2.32. The minimum Gasteiger partial charge on any atom is -0.495 e. The van der Waals surface area contributed by atoms with Crippen molar-refractivity contribution in [2.75, 3.05) is 23.3 Å². The van der Waals surface area contributed by atoms with Crippen LogP contribution in [0.1, 0.15) is 23.0 Å². The first kappa shape index (κ1) is 24.6. The van der Waals surface area contributed by atoms with E-state index < -0.39 is 21.7 Å². The maximum Gasteiger partial charge on any atom is 0.284 e. The van der Waals surface area contributed by atoms with Crippen molar-refractivity contribution >= 4 is 39.1 Å². The van der Waals surface area contributed by atoms with Crippen molar-refractivity contribution in [1.29, 1.82) is 0 Å². The van der Waals surface area contributed by atoms with Gasteiger partial charge in [0.15, 0.2) is 0 Å². The molecule has 1 aromatic heterocycles. The summed E-state index contributed by atoms with van der Waals surface area (Å²) in [6.07, 6.45) is 1.23. The smallest absolute Gasteiger partial charge is 0.284 e. The van der Waals surface area contributed by atoms with Gasteiger partial charge in [0.1, 0.15) is 11.5 Å². The summed E-state index contributed by atoms with van der Waals surface area (Å²) in [5.74, 6) is -3.13. The molecule has 0 radical (unpaired) electrons. The van der Waals surface area contributed by atoms with Gasteiger partial charge >= 0.3 is 0 Å². The maximum atomic E-state index is 13.3. The average Bonchev–Trinajstić information content (AvgIpc) is 3.27. The third kappa shape index (κ3) is 5.66. The number of anilines is 2. The van der Waals surface area contributed by atoms with Gasteiger partial charge in [0.05, 0.1) is 41.0 Å². The number of hydrogen-bond donors (Lipinski definition) is 1. The lowest BCUT2D eigenvalue weighted by Crippen LogP contribution is -2.30. The molecule has 0 fully saturated rings. The van der Waals surface area contributed by atoms with Crippen LogP contribution in [0.4, 0.5) is 20.2 Å². The molecule has 0 aliphatic carbocycles. The fraction of sp³-hybridized carbons (Fsp3) is 0.227. The summed E-state index contributed by atoms with van der Waals surface area (Å²) in [6, 6.07) is 14.1. The predicted octanol–water partition coefficient (Wildman–Crippen LogP) is 5.21. The highest BCUT2D eigenvalue weighted by atomic mass is 32.2. The van der Waals surface area contributed by atoms with E-state index in [1.54, 1.807) is 37.3 Å². The number of nitrogens with zero attached hydrogens (tertiary/aromatic N) is 1. The Morgan fingerprint density at radius 2 is 1.91 bits per heavy atom. The van der Waals surface area contributed by atoms with Crippen LogP contribution in [-0.4, -0.2) is 33.7 Å². The van der Waals surface area contributed by atoms with Crippen LogP contribution in [-0.2, 0) is 15.8 Å². The van der Waals surface area contributed by atoms with Gasteiger partial charge in [-0.25, -0.2) is 8.42 Å². The molecule has 2 aromatic carbocycles. The van der Waals surface area contributed by atoms with Crippen LogP contribution in [0, 0.1) is 0 Å². The number of furan rings is 1. The fourth-order valence-electron chi connectivity index (χ4n) is 3.14. The van der Waals surface area contributed by atoms with E-state index in [0.29, 0.717) is 17.4 Å². The summed E-state index contributed by atoms with van der Waals surface area (Å²) in [5, 5.41) is 2.60. The quantitative estimate of drug-likeness (QED) is 0.414. The number of ether oxygens (including phenoxy) is 1. The van der Waals surface area contributed by atoms with Gasteiger partial charge in [0.2, 0.25) is 0 Å². The van der Waals surface area contributed by atoms with Crippen LogP contribution < -0.4 is 14.4 Å². The molecule has 0 aliphatic heterocycles. The Morgan fingerprint density at radius 1 is 1.18 bits per heavy atom. The minimum atomic E-state index is -3.95. The molecule has 0 saturated heterocycles. The van der Waals surface area contributed by atoms with Gasteiger partial charge in [0.25, 0.3) is 21.7 Å². The van der Waals surface area contributed by atoms with Gasteiger partial charge in [0, 0.05) is 6.54 Å². The molecule has 3 aromatic rings. The number of benzene rings is 2. The molecule has 176 valence electrons. The second-order valence-electron chi connectivity index (χ2n) is 6.65. The second-order valence-corrected chi connectivity index (χ2v) is 9.49. The SMILES string of the molecule is CCN(c1ccccc1)S(=O)(=O)c1ccc(OC)c(NC(=O)c2ccoc2CSC(F)F)c1. The number of sulfonamides is 1. The van der Waals surface area contributed by atoms with Gasteiger partial charge in [-0.15, -0.1) is 0 Å². The molecule has 3 rings (SSSR count). The van der Waals surface area contributed by atoms with Gasteiger partial charge in [-0.05, 0) is 43.3 Å². The number of nitrogens with one attached hydrogen (secondary N) is 1. The summed E-state index contributed by atoms with van der Waals surface area (Å²) < 4.78 is 63.3. The first-order valence-electron chi connectivity index (χ1n) is 9.81. The van der Waals surface area contributed by atoms with E-state index >= 15 is 0 Å². The van der Waals surface area contributed by atoms with Crippen LogP contribution in [0.2, 0.25) is 0 Å². The number of hydrogen-bond acceptors (Lipinski definition) is 6. The van der Waals surface area contributed by atoms with E-state index in [-0.39, 0.29) is 40.0 Å². The van der Waals surface area contributed by atoms with Gasteiger partial charge in [-0.3, -0.25) is 9.10 Å². The number of rotatable bonds is 10. The highest BCUT2D eigenvalue weighted by molar-refractivity contribution is 7.98. The maximum absolute atomic E-state index is 13.3. The van der Waals surface area contributed by atoms with E-state index in [1.807, 2.05) is 0 Å². The number of para-hydroxylation sites is 1. The van der Waals surface area contributed by atoms with Crippen molar-refractivity contribution < 1.29 is 31.1 Å². The summed E-state index contributed by atoms with van der Waals surface area (Å²) in [6.45, 7) is 1.91. The topological polar surface area (TPSA) is 88.9 Å². The Labute approximate surface area is 194 Å². The molecule has 1 N–H and O–H groups in total. The fourth-order valence-corrected chi connectivity index (χ4v) is 5.14. The zero-order valence-electron chi connectivity index (χ0n) is 17.8. The van der Waals surface area contributed by atoms with Crippen molar-refractivity contribution in [3.8, 4) is 5.75 Å². The van der Waals surface area contributed by atoms with E-state index in [9.17, 15) is 22.0 Å². The van der Waals surface area contributed by atoms with Crippen LogP contribution in [0.5, 0.6) is 5.75 Å². The van der Waals surface area contributed by atoms with Crippen LogP contribution in [0.3, 0.4) is 0 Å². The monoisotopic (exact) mass is 496 g/mol. The molecule has 1 amide bonds. The van der Waals surface area contributed by atoms with Crippen LogP contribution >= 0.6 is 11.8 Å². The minimum absolute atomic E-state index is 0.0509. The molecule has 0 aliphatic rings. The van der Waals surface area contributed by atoms with Crippen molar-refractivity contribution in [1.82, 2.24) is 0 Å². The molecule has 7 nitrogen and oxygen atoms in total. The standard InChI is InChI=1S/C22H22F2N2O5S2/c1-3-26(15-7-5-4-6-8-15)33(28,29)16-9-10-19(30-2)18(13-16)25-21(27)17-11-12-31-20(17)14-32-22(23)24/h4-13,22H,3,14H2,1-2H3,(H,25,27). The zero-order chi connectivity index (χ0) is 24.0. The first-order valence-corrected chi connectivity index (χ1v) is 12.3. The zero-order valence-corrected chi connectivity index (χ0v) is 19.5.